The van der Waals surface area contributed by atoms with Crippen molar-refractivity contribution in [2.45, 2.75) is 360 Å². The smallest absolute Gasteiger partial charge is 0.456 e. The van der Waals surface area contributed by atoms with Gasteiger partial charge in [0.2, 0.25) is 5.91 Å². The number of unbranched alkanes of at least 4 members (excludes halogenated alkanes) is 42. The fraction of sp³-hybridized carbons (Fsp3) is 0.838. The number of rotatable bonds is 66. The fourth-order valence-electron chi connectivity index (χ4n) is 10.6. The maximum Gasteiger partial charge on any atom is 0.472 e. The van der Waals surface area contributed by atoms with Crippen LogP contribution in [0.1, 0.15) is 348 Å². The summed E-state index contributed by atoms with van der Waals surface area (Å²) in [4.78, 5) is 37.9. The van der Waals surface area contributed by atoms with Crippen molar-refractivity contribution >= 4 is 19.7 Å². The van der Waals surface area contributed by atoms with Crippen LogP contribution in [0.2, 0.25) is 0 Å². The molecule has 492 valence electrons. The second kappa shape index (κ2) is 63.7. The van der Waals surface area contributed by atoms with Gasteiger partial charge in [-0.25, -0.2) is 4.57 Å². The predicted molar refractivity (Wildman–Crippen MR) is 365 cm³/mol. The van der Waals surface area contributed by atoms with E-state index in [0.29, 0.717) is 23.9 Å². The third kappa shape index (κ3) is 64.2. The summed E-state index contributed by atoms with van der Waals surface area (Å²) in [6.45, 7) is 7.01. The normalized spacial score (nSPS) is 13.8. The summed E-state index contributed by atoms with van der Waals surface area (Å²) in [6.07, 6.45) is 82.4. The van der Waals surface area contributed by atoms with Crippen molar-refractivity contribution in [2.75, 3.05) is 40.9 Å². The van der Waals surface area contributed by atoms with Crippen molar-refractivity contribution in [3.8, 4) is 0 Å². The largest absolute Gasteiger partial charge is 0.472 e. The first-order chi connectivity index (χ1) is 40.9. The molecule has 10 heteroatoms. The SMILES string of the molecule is CCCCC/C=C\C/C=C\C/C=C\CCCCCCCCC(=O)NC(COP(=O)(O)OCC[N+](C)(C)C)C(/C=C\CCCCCCCCCCCC)OC(=O)CCCCCCCCCCCCCCCCCCC/C=C/CCCCCCCC. The number of phosphoric ester groups is 1. The monoisotopic (exact) mass is 1200 g/mol. The molecule has 0 aromatic heterocycles. The lowest BCUT2D eigenvalue weighted by Crippen LogP contribution is -2.47. The van der Waals surface area contributed by atoms with Crippen LogP contribution in [0.5, 0.6) is 0 Å². The molecule has 0 aliphatic rings. The molecule has 0 aromatic carbocycles. The van der Waals surface area contributed by atoms with Crippen LogP contribution in [0.25, 0.3) is 0 Å². The highest BCUT2D eigenvalue weighted by Gasteiger charge is 2.30. The van der Waals surface area contributed by atoms with Gasteiger partial charge in [-0.05, 0) is 96.0 Å². The molecule has 84 heavy (non-hydrogen) atoms. The van der Waals surface area contributed by atoms with Crippen LogP contribution in [-0.2, 0) is 27.9 Å². The minimum Gasteiger partial charge on any atom is -0.456 e. The molecule has 0 aliphatic carbocycles. The van der Waals surface area contributed by atoms with Gasteiger partial charge in [0, 0.05) is 12.8 Å². The number of hydrogen-bond acceptors (Lipinski definition) is 6. The summed E-state index contributed by atoms with van der Waals surface area (Å²) < 4.78 is 30.8. The van der Waals surface area contributed by atoms with Crippen LogP contribution >= 0.6 is 7.82 Å². The minimum absolute atomic E-state index is 0.0375. The molecule has 0 heterocycles. The lowest BCUT2D eigenvalue weighted by molar-refractivity contribution is -0.870. The number of amides is 1. The number of hydrogen-bond donors (Lipinski definition) is 2. The number of ether oxygens (including phenoxy) is 1. The number of allylic oxidation sites excluding steroid dienone is 9. The van der Waals surface area contributed by atoms with E-state index in [1.165, 1.54) is 231 Å². The van der Waals surface area contributed by atoms with E-state index in [4.69, 9.17) is 13.8 Å². The number of nitrogens with zero attached hydrogens (tertiary/aromatic N) is 1. The highest BCUT2D eigenvalue weighted by Crippen LogP contribution is 2.43. The minimum atomic E-state index is -4.46. The number of phosphoric acid groups is 1. The van der Waals surface area contributed by atoms with E-state index in [1.807, 2.05) is 33.3 Å². The summed E-state index contributed by atoms with van der Waals surface area (Å²) in [7, 11) is 1.49. The molecule has 1 amide bonds. The topological polar surface area (TPSA) is 111 Å². The van der Waals surface area contributed by atoms with E-state index in [0.717, 1.165) is 83.5 Å². The van der Waals surface area contributed by atoms with Gasteiger partial charge in [-0.3, -0.25) is 18.6 Å². The molecular formula is C74H140N2O7P+. The molecule has 0 saturated carbocycles. The van der Waals surface area contributed by atoms with Crippen LogP contribution in [0, 0.1) is 0 Å². The third-order valence-corrected chi connectivity index (χ3v) is 17.2. The Bertz CT molecular complexity index is 1620. The van der Waals surface area contributed by atoms with Crippen LogP contribution < -0.4 is 5.32 Å². The van der Waals surface area contributed by atoms with Gasteiger partial charge >= 0.3 is 13.8 Å². The van der Waals surface area contributed by atoms with Crippen molar-refractivity contribution in [1.82, 2.24) is 5.32 Å². The molecule has 9 nitrogen and oxygen atoms in total. The van der Waals surface area contributed by atoms with Crippen molar-refractivity contribution in [1.29, 1.82) is 0 Å². The van der Waals surface area contributed by atoms with Gasteiger partial charge < -0.3 is 19.4 Å². The Labute approximate surface area is 521 Å². The van der Waals surface area contributed by atoms with E-state index in [2.05, 4.69) is 74.7 Å². The molecule has 0 aromatic rings. The Morgan fingerprint density at radius 3 is 1.12 bits per heavy atom. The van der Waals surface area contributed by atoms with E-state index >= 15 is 0 Å². The van der Waals surface area contributed by atoms with Crippen molar-refractivity contribution in [2.24, 2.45) is 0 Å². The summed E-state index contributed by atoms with van der Waals surface area (Å²) in [6, 6.07) is -0.856. The first-order valence-corrected chi connectivity index (χ1v) is 37.6. The Balaban J connectivity index is 5.01. The van der Waals surface area contributed by atoms with E-state index in [-0.39, 0.29) is 25.1 Å². The molecule has 3 unspecified atom stereocenters. The van der Waals surface area contributed by atoms with Gasteiger partial charge in [0.1, 0.15) is 19.3 Å². The average molecular weight is 1200 g/mol. The molecule has 0 bridgehead atoms. The second-order valence-electron chi connectivity index (χ2n) is 25.8. The zero-order valence-electron chi connectivity index (χ0n) is 56.4. The average Bonchev–Trinajstić information content (AvgIpc) is 3.64. The Morgan fingerprint density at radius 2 is 0.726 bits per heavy atom. The maximum atomic E-state index is 13.6. The molecule has 0 fully saturated rings. The number of nitrogens with one attached hydrogen (secondary N) is 1. The first kappa shape index (κ1) is 81.7. The molecular weight excluding hydrogens is 1060 g/mol. The summed E-state index contributed by atoms with van der Waals surface area (Å²) >= 11 is 0. The number of carbonyl (C=O) groups is 2. The van der Waals surface area contributed by atoms with E-state index in [9.17, 15) is 19.0 Å². The Hall–Kier alpha value is -2.29. The standard InChI is InChI=1S/C74H139N2O7P/c1-7-10-13-16-19-22-25-28-30-32-34-35-36-37-38-39-40-41-43-45-47-49-52-55-58-61-64-67-74(78)83-72(65-62-59-56-53-50-27-24-21-18-15-12-9-3)71(70-82-84(79,80)81-69-68-76(4,5)6)75-73(77)66-63-60-57-54-51-48-46-44-42-33-31-29-26-23-20-17-14-11-8-2/h20,23,28-31,42,44,62,65,71-72H,7-19,21-22,24-27,32-41,43,45-61,63-64,66-70H2,1-6H3,(H-,75,77,79,80)/p+1/b23-20-,30-28+,31-29-,44-42-,65-62-. The highest BCUT2D eigenvalue weighted by atomic mass is 31.2. The highest BCUT2D eigenvalue weighted by molar-refractivity contribution is 7.47. The third-order valence-electron chi connectivity index (χ3n) is 16.2. The van der Waals surface area contributed by atoms with Gasteiger partial charge in [-0.15, -0.1) is 0 Å². The number of esters is 1. The lowest BCUT2D eigenvalue weighted by Gasteiger charge is -2.27. The summed E-state index contributed by atoms with van der Waals surface area (Å²) in [5, 5.41) is 3.07. The molecule has 0 spiro atoms. The second-order valence-corrected chi connectivity index (χ2v) is 27.2. The van der Waals surface area contributed by atoms with Gasteiger partial charge in [0.05, 0.1) is 33.8 Å². The van der Waals surface area contributed by atoms with E-state index in [1.54, 1.807) is 0 Å². The van der Waals surface area contributed by atoms with Crippen LogP contribution in [0.3, 0.4) is 0 Å². The van der Waals surface area contributed by atoms with Crippen molar-refractivity contribution in [3.63, 3.8) is 0 Å². The van der Waals surface area contributed by atoms with Crippen LogP contribution in [-0.4, -0.2) is 74.3 Å². The molecule has 2 N–H and O–H groups in total. The maximum absolute atomic E-state index is 13.6. The predicted octanol–water partition coefficient (Wildman–Crippen LogP) is 23.0. The first-order valence-electron chi connectivity index (χ1n) is 36.1. The number of quaternary nitrogens is 1. The summed E-state index contributed by atoms with van der Waals surface area (Å²) in [5.74, 6) is -0.507. The summed E-state index contributed by atoms with van der Waals surface area (Å²) in [5.41, 5.74) is 0. The number of likely N-dealkylation sites (N-methyl/N-ethyl adjacent to an activating group) is 1. The lowest BCUT2D eigenvalue weighted by atomic mass is 10.0. The molecule has 0 saturated heterocycles. The van der Waals surface area contributed by atoms with Crippen LogP contribution in [0.4, 0.5) is 0 Å². The molecule has 0 aliphatic heterocycles. The quantitative estimate of drug-likeness (QED) is 0.0205. The zero-order chi connectivity index (χ0) is 61.4. The van der Waals surface area contributed by atoms with Gasteiger partial charge in [-0.2, -0.15) is 0 Å². The Morgan fingerprint density at radius 1 is 0.417 bits per heavy atom. The van der Waals surface area contributed by atoms with E-state index < -0.39 is 20.0 Å². The molecule has 0 radical (unpaired) electrons. The van der Waals surface area contributed by atoms with Gasteiger partial charge in [0.25, 0.3) is 0 Å². The Kier molecular flexibility index (Phi) is 62.0. The van der Waals surface area contributed by atoms with Crippen molar-refractivity contribution < 1.29 is 37.3 Å². The fourth-order valence-corrected chi connectivity index (χ4v) is 11.3. The van der Waals surface area contributed by atoms with Crippen LogP contribution in [0.15, 0.2) is 60.8 Å². The number of carbonyl (C=O) groups excluding carboxylic acids is 2. The van der Waals surface area contributed by atoms with Gasteiger partial charge in [-0.1, -0.05) is 300 Å². The molecule has 3 atom stereocenters. The molecule has 0 rings (SSSR count). The zero-order valence-corrected chi connectivity index (χ0v) is 57.3. The van der Waals surface area contributed by atoms with Crippen molar-refractivity contribution in [3.05, 3.63) is 60.8 Å². The van der Waals surface area contributed by atoms with Gasteiger partial charge in [0.15, 0.2) is 0 Å².